The van der Waals surface area contributed by atoms with Crippen molar-refractivity contribution in [2.75, 3.05) is 11.9 Å². The summed E-state index contributed by atoms with van der Waals surface area (Å²) in [5.74, 6) is -1.29. The monoisotopic (exact) mass is 376 g/mol. The minimum absolute atomic E-state index is 0.0383. The number of sulfonamides is 1. The van der Waals surface area contributed by atoms with Crippen LogP contribution in [0.25, 0.3) is 0 Å². The van der Waals surface area contributed by atoms with Crippen LogP contribution in [0.4, 0.5) is 5.69 Å². The molecule has 8 heteroatoms. The molecule has 0 aliphatic carbocycles. The summed E-state index contributed by atoms with van der Waals surface area (Å²) >= 11 is 0. The van der Waals surface area contributed by atoms with Crippen molar-refractivity contribution in [3.8, 4) is 0 Å². The van der Waals surface area contributed by atoms with Crippen molar-refractivity contribution in [1.82, 2.24) is 0 Å². The van der Waals surface area contributed by atoms with Gasteiger partial charge in [-0.1, -0.05) is 24.3 Å². The number of anilines is 1. The lowest BCUT2D eigenvalue weighted by atomic mass is 10.1. The number of hydrogen-bond acceptors (Lipinski definition) is 5. The predicted octanol–water partition coefficient (Wildman–Crippen LogP) is 2.05. The van der Waals surface area contributed by atoms with E-state index in [4.69, 9.17) is 9.88 Å². The molecule has 138 valence electrons. The van der Waals surface area contributed by atoms with Crippen molar-refractivity contribution in [3.63, 3.8) is 0 Å². The number of amides is 1. The van der Waals surface area contributed by atoms with Gasteiger partial charge in [-0.2, -0.15) is 0 Å². The first-order chi connectivity index (χ1) is 12.1. The number of esters is 1. The molecule has 0 atom stereocenters. The molecule has 2 aromatic carbocycles. The second-order valence-corrected chi connectivity index (χ2v) is 7.47. The van der Waals surface area contributed by atoms with E-state index in [1.807, 2.05) is 32.0 Å². The van der Waals surface area contributed by atoms with E-state index in [2.05, 4.69) is 5.32 Å². The summed E-state index contributed by atoms with van der Waals surface area (Å²) in [6.07, 6.45) is 0. The lowest BCUT2D eigenvalue weighted by Crippen LogP contribution is -2.22. The van der Waals surface area contributed by atoms with Crippen molar-refractivity contribution in [3.05, 3.63) is 58.7 Å². The zero-order valence-electron chi connectivity index (χ0n) is 14.7. The van der Waals surface area contributed by atoms with Gasteiger partial charge in [-0.25, -0.2) is 18.4 Å². The third-order valence-electron chi connectivity index (χ3n) is 3.84. The number of rotatable bonds is 5. The Morgan fingerprint density at radius 3 is 2.23 bits per heavy atom. The maximum absolute atomic E-state index is 12.2. The fourth-order valence-corrected chi connectivity index (χ4v) is 2.93. The predicted molar refractivity (Wildman–Crippen MR) is 97.4 cm³/mol. The molecule has 0 heterocycles. The number of nitrogens with two attached hydrogens (primary N) is 1. The number of aryl methyl sites for hydroxylation is 3. The number of para-hydroxylation sites is 1. The molecule has 0 fully saturated rings. The van der Waals surface area contributed by atoms with Gasteiger partial charge in [0, 0.05) is 5.69 Å². The van der Waals surface area contributed by atoms with E-state index in [-0.39, 0.29) is 10.5 Å². The van der Waals surface area contributed by atoms with Crippen LogP contribution in [0.5, 0.6) is 0 Å². The molecule has 26 heavy (non-hydrogen) atoms. The van der Waals surface area contributed by atoms with Crippen molar-refractivity contribution in [2.45, 2.75) is 25.7 Å². The fraction of sp³-hybridized carbons (Fsp3) is 0.222. The van der Waals surface area contributed by atoms with Crippen LogP contribution in [0, 0.1) is 20.8 Å². The number of nitrogens with one attached hydrogen (secondary N) is 1. The van der Waals surface area contributed by atoms with E-state index in [1.165, 1.54) is 12.1 Å². The highest BCUT2D eigenvalue weighted by atomic mass is 32.2. The summed E-state index contributed by atoms with van der Waals surface area (Å²) in [6, 6.07) is 9.48. The first kappa shape index (κ1) is 19.6. The van der Waals surface area contributed by atoms with Crippen LogP contribution in [0.15, 0.2) is 41.3 Å². The van der Waals surface area contributed by atoms with Crippen LogP contribution in [-0.4, -0.2) is 26.9 Å². The van der Waals surface area contributed by atoms with Crippen LogP contribution >= 0.6 is 0 Å². The first-order valence-electron chi connectivity index (χ1n) is 7.76. The van der Waals surface area contributed by atoms with Crippen LogP contribution < -0.4 is 10.5 Å². The SMILES string of the molecule is Cc1ccc(S(N)(=O)=O)cc1C(=O)OCC(=O)Nc1c(C)cccc1C. The largest absolute Gasteiger partial charge is 0.452 e. The third-order valence-corrected chi connectivity index (χ3v) is 4.75. The van der Waals surface area contributed by atoms with Gasteiger partial charge in [0.05, 0.1) is 10.5 Å². The Morgan fingerprint density at radius 2 is 1.65 bits per heavy atom. The van der Waals surface area contributed by atoms with Gasteiger partial charge < -0.3 is 10.1 Å². The molecule has 0 aliphatic rings. The van der Waals surface area contributed by atoms with Crippen molar-refractivity contribution >= 4 is 27.6 Å². The average molecular weight is 376 g/mol. The number of primary sulfonamides is 1. The molecule has 0 radical (unpaired) electrons. The normalized spacial score (nSPS) is 11.1. The van der Waals surface area contributed by atoms with E-state index in [0.717, 1.165) is 17.2 Å². The smallest absolute Gasteiger partial charge is 0.338 e. The van der Waals surface area contributed by atoms with Gasteiger partial charge in [-0.3, -0.25) is 4.79 Å². The molecule has 2 aromatic rings. The van der Waals surface area contributed by atoms with Crippen LogP contribution in [0.2, 0.25) is 0 Å². The molecule has 0 saturated carbocycles. The summed E-state index contributed by atoms with van der Waals surface area (Å²) in [6.45, 7) is 4.85. The Labute approximate surface area is 152 Å². The molecule has 1 amide bonds. The Bertz CT molecular complexity index is 947. The standard InChI is InChI=1S/C18H20N2O5S/c1-11-7-8-14(26(19,23)24)9-15(11)18(22)25-10-16(21)20-17-12(2)5-4-6-13(17)3/h4-9H,10H2,1-3H3,(H,20,21)(H2,19,23,24). The lowest BCUT2D eigenvalue weighted by molar-refractivity contribution is -0.119. The van der Waals surface area contributed by atoms with Gasteiger partial charge in [-0.05, 0) is 49.6 Å². The maximum Gasteiger partial charge on any atom is 0.338 e. The molecule has 2 rings (SSSR count). The molecule has 0 aromatic heterocycles. The number of ether oxygens (including phenoxy) is 1. The van der Waals surface area contributed by atoms with Crippen LogP contribution in [-0.2, 0) is 19.6 Å². The lowest BCUT2D eigenvalue weighted by Gasteiger charge is -2.12. The zero-order chi connectivity index (χ0) is 19.5. The molecule has 0 spiro atoms. The first-order valence-corrected chi connectivity index (χ1v) is 9.31. The molecule has 0 unspecified atom stereocenters. The molecule has 0 aliphatic heterocycles. The summed E-state index contributed by atoms with van der Waals surface area (Å²) < 4.78 is 27.8. The zero-order valence-corrected chi connectivity index (χ0v) is 15.5. The number of carbonyl (C=O) groups excluding carboxylic acids is 2. The van der Waals surface area contributed by atoms with E-state index in [0.29, 0.717) is 11.3 Å². The summed E-state index contributed by atoms with van der Waals surface area (Å²) in [5, 5.41) is 7.77. The van der Waals surface area contributed by atoms with Gasteiger partial charge in [0.1, 0.15) is 0 Å². The molecule has 3 N–H and O–H groups in total. The molecular weight excluding hydrogens is 356 g/mol. The second kappa shape index (κ2) is 7.67. The summed E-state index contributed by atoms with van der Waals surface area (Å²) in [4.78, 5) is 24.1. The van der Waals surface area contributed by atoms with E-state index in [9.17, 15) is 18.0 Å². The number of carbonyl (C=O) groups is 2. The van der Waals surface area contributed by atoms with Crippen molar-refractivity contribution < 1.29 is 22.7 Å². The Hall–Kier alpha value is -2.71. The van der Waals surface area contributed by atoms with Crippen molar-refractivity contribution in [1.29, 1.82) is 0 Å². The van der Waals surface area contributed by atoms with E-state index < -0.39 is 28.5 Å². The average Bonchev–Trinajstić information content (AvgIpc) is 2.55. The summed E-state index contributed by atoms with van der Waals surface area (Å²) in [5.41, 5.74) is 3.00. The third kappa shape index (κ3) is 4.68. The highest BCUT2D eigenvalue weighted by Gasteiger charge is 2.17. The quantitative estimate of drug-likeness (QED) is 0.775. The Balaban J connectivity index is 2.08. The van der Waals surface area contributed by atoms with Gasteiger partial charge in [-0.15, -0.1) is 0 Å². The molecule has 0 bridgehead atoms. The molecule has 0 saturated heterocycles. The molecular formula is C18H20N2O5S. The van der Waals surface area contributed by atoms with Gasteiger partial charge in [0.2, 0.25) is 10.0 Å². The number of hydrogen-bond donors (Lipinski definition) is 2. The minimum atomic E-state index is -3.94. The Kier molecular flexibility index (Phi) is 5.79. The van der Waals surface area contributed by atoms with Crippen LogP contribution in [0.3, 0.4) is 0 Å². The molecule has 7 nitrogen and oxygen atoms in total. The number of benzene rings is 2. The Morgan fingerprint density at radius 1 is 1.04 bits per heavy atom. The fourth-order valence-electron chi connectivity index (χ4n) is 2.39. The highest BCUT2D eigenvalue weighted by molar-refractivity contribution is 7.89. The van der Waals surface area contributed by atoms with E-state index >= 15 is 0 Å². The highest BCUT2D eigenvalue weighted by Crippen LogP contribution is 2.19. The van der Waals surface area contributed by atoms with Gasteiger partial charge >= 0.3 is 5.97 Å². The second-order valence-electron chi connectivity index (χ2n) is 5.91. The van der Waals surface area contributed by atoms with Crippen LogP contribution in [0.1, 0.15) is 27.0 Å². The van der Waals surface area contributed by atoms with Gasteiger partial charge in [0.25, 0.3) is 5.91 Å². The van der Waals surface area contributed by atoms with Crippen molar-refractivity contribution in [2.24, 2.45) is 5.14 Å². The van der Waals surface area contributed by atoms with Gasteiger partial charge in [0.15, 0.2) is 6.61 Å². The van der Waals surface area contributed by atoms with E-state index in [1.54, 1.807) is 6.92 Å². The summed E-state index contributed by atoms with van der Waals surface area (Å²) in [7, 11) is -3.94. The minimum Gasteiger partial charge on any atom is -0.452 e. The topological polar surface area (TPSA) is 116 Å². The maximum atomic E-state index is 12.2.